The fraction of sp³-hybridized carbons (Fsp3) is 0.410. The van der Waals surface area contributed by atoms with Crippen LogP contribution >= 0.6 is 0 Å². The second-order valence-electron chi connectivity index (χ2n) is 13.9. The lowest BCUT2D eigenvalue weighted by atomic mass is 9.81. The number of rotatable bonds is 14. The molecule has 0 unspecified atom stereocenters. The maximum Gasteiger partial charge on any atom is 0.404 e. The predicted molar refractivity (Wildman–Crippen MR) is 200 cm³/mol. The molecule has 1 atom stereocenters. The van der Waals surface area contributed by atoms with Gasteiger partial charge in [0.1, 0.15) is 6.04 Å². The summed E-state index contributed by atoms with van der Waals surface area (Å²) in [6, 6.07) is 21.5. The Hall–Kier alpha value is -5.63. The van der Waals surface area contributed by atoms with Crippen molar-refractivity contribution in [1.82, 2.24) is 41.5 Å². The molecule has 1 saturated heterocycles. The van der Waals surface area contributed by atoms with Crippen LogP contribution < -0.4 is 21.3 Å². The lowest BCUT2D eigenvalue weighted by Gasteiger charge is -2.29. The molecule has 1 aliphatic carbocycles. The molecule has 2 heterocycles. The maximum absolute atomic E-state index is 13.8. The van der Waals surface area contributed by atoms with Crippen LogP contribution in [0.25, 0.3) is 22.5 Å². The van der Waals surface area contributed by atoms with Gasteiger partial charge in [-0.15, -0.1) is 10.2 Å². The molecule has 2 fully saturated rings. The Labute approximate surface area is 308 Å². The van der Waals surface area contributed by atoms with E-state index in [-0.39, 0.29) is 36.0 Å². The third-order valence-corrected chi connectivity index (χ3v) is 10.2. The van der Waals surface area contributed by atoms with Gasteiger partial charge in [-0.25, -0.2) is 4.79 Å². The van der Waals surface area contributed by atoms with Crippen molar-refractivity contribution in [2.45, 2.75) is 57.4 Å². The molecule has 1 saturated carbocycles. The summed E-state index contributed by atoms with van der Waals surface area (Å²) in [7, 11) is 0. The van der Waals surface area contributed by atoms with Crippen molar-refractivity contribution in [3.8, 4) is 22.5 Å². The molecule has 53 heavy (non-hydrogen) atoms. The van der Waals surface area contributed by atoms with Gasteiger partial charge < -0.3 is 31.3 Å². The topological polar surface area (TPSA) is 194 Å². The summed E-state index contributed by atoms with van der Waals surface area (Å²) in [6.45, 7) is 4.03. The third-order valence-electron chi connectivity index (χ3n) is 10.2. The number of nitrogens with zero attached hydrogens (tertiary/aromatic N) is 4. The molecule has 4 amide bonds. The number of amides is 4. The third kappa shape index (κ3) is 10.7. The van der Waals surface area contributed by atoms with Crippen LogP contribution in [0.4, 0.5) is 10.5 Å². The number of carbonyl (C=O) groups excluding carboxylic acids is 3. The van der Waals surface area contributed by atoms with Gasteiger partial charge in [0, 0.05) is 48.8 Å². The normalized spacial score (nSPS) is 18.0. The Bertz CT molecular complexity index is 1820. The van der Waals surface area contributed by atoms with E-state index in [4.69, 9.17) is 5.11 Å². The molecule has 4 aromatic rings. The Morgan fingerprint density at radius 2 is 1.58 bits per heavy atom. The Morgan fingerprint density at radius 1 is 0.849 bits per heavy atom. The predicted octanol–water partition coefficient (Wildman–Crippen LogP) is 4.49. The van der Waals surface area contributed by atoms with E-state index in [1.165, 1.54) is 19.3 Å². The van der Waals surface area contributed by atoms with E-state index in [1.807, 2.05) is 48.5 Å². The molecule has 6 rings (SSSR count). The van der Waals surface area contributed by atoms with Gasteiger partial charge >= 0.3 is 6.09 Å². The average molecular weight is 722 g/mol. The van der Waals surface area contributed by atoms with Gasteiger partial charge in [0.15, 0.2) is 0 Å². The summed E-state index contributed by atoms with van der Waals surface area (Å²) < 4.78 is 0. The van der Waals surface area contributed by atoms with Gasteiger partial charge in [0.05, 0.1) is 0 Å². The van der Waals surface area contributed by atoms with Gasteiger partial charge in [-0.3, -0.25) is 14.4 Å². The van der Waals surface area contributed by atoms with E-state index < -0.39 is 12.1 Å². The van der Waals surface area contributed by atoms with E-state index in [9.17, 15) is 19.2 Å². The minimum absolute atomic E-state index is 0.0956. The average Bonchev–Trinajstić information content (AvgIpc) is 3.73. The van der Waals surface area contributed by atoms with Crippen LogP contribution in [-0.2, 0) is 16.0 Å². The SMILES string of the molecule is O=C(O)NCC1CCC(C(=O)N[C@@H](Cc2cccc(-c3ccc(C(=O)NCCN4CCCCC4)cc3)c2)C(=O)Nc2ccc(-c3nn[nH]n3)cc2)CC1. The van der Waals surface area contributed by atoms with Crippen molar-refractivity contribution in [1.29, 1.82) is 0 Å². The molecule has 14 nitrogen and oxygen atoms in total. The summed E-state index contributed by atoms with van der Waals surface area (Å²) in [5.74, 6) is -0.300. The van der Waals surface area contributed by atoms with Gasteiger partial charge in [0.2, 0.25) is 17.6 Å². The number of aromatic nitrogens is 4. The molecule has 1 aromatic heterocycles. The first-order valence-corrected chi connectivity index (χ1v) is 18.4. The quantitative estimate of drug-likeness (QED) is 0.109. The zero-order valence-electron chi connectivity index (χ0n) is 29.7. The maximum atomic E-state index is 13.8. The van der Waals surface area contributed by atoms with Crippen LogP contribution in [0.2, 0.25) is 0 Å². The Kier molecular flexibility index (Phi) is 12.8. The number of H-pyrrole nitrogens is 1. The van der Waals surface area contributed by atoms with Crippen molar-refractivity contribution in [2.75, 3.05) is 38.0 Å². The van der Waals surface area contributed by atoms with Crippen molar-refractivity contribution in [3.05, 3.63) is 83.9 Å². The largest absolute Gasteiger partial charge is 0.465 e. The highest BCUT2D eigenvalue weighted by Crippen LogP contribution is 2.29. The van der Waals surface area contributed by atoms with E-state index in [1.54, 1.807) is 24.3 Å². The highest BCUT2D eigenvalue weighted by atomic mass is 16.4. The van der Waals surface area contributed by atoms with Gasteiger partial charge in [0.25, 0.3) is 5.91 Å². The Balaban J connectivity index is 1.11. The minimum atomic E-state index is -1.05. The smallest absolute Gasteiger partial charge is 0.404 e. The molecule has 0 radical (unpaired) electrons. The second kappa shape index (κ2) is 18.2. The number of carbonyl (C=O) groups is 4. The van der Waals surface area contributed by atoms with Crippen LogP contribution in [0.15, 0.2) is 72.8 Å². The highest BCUT2D eigenvalue weighted by molar-refractivity contribution is 5.98. The molecular weight excluding hydrogens is 674 g/mol. The standard InChI is InChI=1S/C39H47N9O5/c49-36(40-19-22-48-20-2-1-3-21-48)30-13-11-28(12-14-30)32-6-4-5-27(23-32)24-34(43-37(50)31-9-7-26(8-10-31)25-41-39(52)53)38(51)42-33-17-15-29(16-18-33)35-44-46-47-45-35/h4-6,11-18,23,26,31,34,41H,1-3,7-10,19-22,24-25H2,(H,40,49)(H,42,51)(H,43,50)(H,52,53)(H,44,45,46,47)/t26?,31?,34-/m0/s1. The molecule has 1 aliphatic heterocycles. The first-order valence-electron chi connectivity index (χ1n) is 18.4. The fourth-order valence-corrected chi connectivity index (χ4v) is 7.12. The van der Waals surface area contributed by atoms with E-state index in [0.717, 1.165) is 54.7 Å². The van der Waals surface area contributed by atoms with Crippen molar-refractivity contribution >= 4 is 29.5 Å². The van der Waals surface area contributed by atoms with Crippen LogP contribution in [-0.4, -0.2) is 93.2 Å². The zero-order valence-corrected chi connectivity index (χ0v) is 29.7. The zero-order chi connectivity index (χ0) is 37.0. The van der Waals surface area contributed by atoms with Gasteiger partial charge in [-0.05, 0) is 116 Å². The van der Waals surface area contributed by atoms with E-state index >= 15 is 0 Å². The van der Waals surface area contributed by atoms with Crippen LogP contribution in [0.3, 0.4) is 0 Å². The van der Waals surface area contributed by atoms with Gasteiger partial charge in [-0.2, -0.15) is 5.21 Å². The fourth-order valence-electron chi connectivity index (χ4n) is 7.12. The molecule has 0 spiro atoms. The number of aromatic amines is 1. The number of carboxylic acid groups (broad SMARTS) is 1. The monoisotopic (exact) mass is 721 g/mol. The lowest BCUT2D eigenvalue weighted by molar-refractivity contribution is -0.130. The number of likely N-dealkylation sites (tertiary alicyclic amines) is 1. The lowest BCUT2D eigenvalue weighted by Crippen LogP contribution is -2.48. The number of tetrazole rings is 1. The van der Waals surface area contributed by atoms with Crippen LogP contribution in [0.5, 0.6) is 0 Å². The highest BCUT2D eigenvalue weighted by Gasteiger charge is 2.30. The molecule has 14 heteroatoms. The van der Waals surface area contributed by atoms with Crippen molar-refractivity contribution in [2.24, 2.45) is 11.8 Å². The molecule has 6 N–H and O–H groups in total. The summed E-state index contributed by atoms with van der Waals surface area (Å²) >= 11 is 0. The molecule has 0 bridgehead atoms. The molecule has 2 aliphatic rings. The number of piperidine rings is 1. The van der Waals surface area contributed by atoms with Crippen LogP contribution in [0.1, 0.15) is 60.9 Å². The van der Waals surface area contributed by atoms with E-state index in [0.29, 0.717) is 43.0 Å². The van der Waals surface area contributed by atoms with Gasteiger partial charge in [-0.1, -0.05) is 42.8 Å². The number of nitrogens with one attached hydrogen (secondary N) is 5. The summed E-state index contributed by atoms with van der Waals surface area (Å²) in [5.41, 5.74) is 4.60. The van der Waals surface area contributed by atoms with E-state index in [2.05, 4.69) is 46.8 Å². The number of hydrogen-bond acceptors (Lipinski definition) is 8. The molecular formula is C39H47N9O5. The van der Waals surface area contributed by atoms with Crippen LogP contribution in [0, 0.1) is 11.8 Å². The first-order chi connectivity index (χ1) is 25.8. The minimum Gasteiger partial charge on any atom is -0.465 e. The van der Waals surface area contributed by atoms with Crippen molar-refractivity contribution in [3.63, 3.8) is 0 Å². The first kappa shape index (κ1) is 37.1. The number of hydrogen-bond donors (Lipinski definition) is 6. The number of anilines is 1. The van der Waals surface area contributed by atoms with Crippen molar-refractivity contribution < 1.29 is 24.3 Å². The summed E-state index contributed by atoms with van der Waals surface area (Å²) in [6.07, 6.45) is 5.60. The Morgan fingerprint density at radius 3 is 2.28 bits per heavy atom. The second-order valence-corrected chi connectivity index (χ2v) is 13.9. The number of benzene rings is 3. The molecule has 278 valence electrons. The molecule has 3 aromatic carbocycles. The summed E-state index contributed by atoms with van der Waals surface area (Å²) in [4.78, 5) is 53.5. The summed E-state index contributed by atoms with van der Waals surface area (Å²) in [5, 5.41) is 34.4.